The Morgan fingerprint density at radius 2 is 2.38 bits per heavy atom. The first-order valence-corrected chi connectivity index (χ1v) is 5.83. The van der Waals surface area contributed by atoms with Crippen LogP contribution in [0.4, 0.5) is 0 Å². The molecule has 1 aromatic heterocycles. The molecule has 1 aliphatic heterocycles. The van der Waals surface area contributed by atoms with E-state index >= 15 is 0 Å². The number of allylic oxidation sites excluding steroid dienone is 1. The number of hydrogen-bond donors (Lipinski definition) is 1. The number of ether oxygens (including phenoxy) is 2. The van der Waals surface area contributed by atoms with Gasteiger partial charge in [0, 0.05) is 5.38 Å². The van der Waals surface area contributed by atoms with E-state index in [4.69, 9.17) is 9.47 Å². The Labute approximate surface area is 97.1 Å². The van der Waals surface area contributed by atoms with Crippen molar-refractivity contribution in [1.29, 1.82) is 0 Å². The summed E-state index contributed by atoms with van der Waals surface area (Å²) < 4.78 is 10.5. The highest BCUT2D eigenvalue weighted by molar-refractivity contribution is 7.07. The van der Waals surface area contributed by atoms with Crippen LogP contribution in [-0.4, -0.2) is 24.1 Å². The summed E-state index contributed by atoms with van der Waals surface area (Å²) in [7, 11) is 0. The van der Waals surface area contributed by atoms with Crippen molar-refractivity contribution in [3.8, 4) is 0 Å². The molecule has 2 heterocycles. The third-order valence-electron chi connectivity index (χ3n) is 2.09. The molecule has 6 heteroatoms. The minimum Gasteiger partial charge on any atom is -0.491 e. The number of amides is 1. The lowest BCUT2D eigenvalue weighted by molar-refractivity contribution is -0.122. The van der Waals surface area contributed by atoms with E-state index in [9.17, 15) is 4.79 Å². The lowest BCUT2D eigenvalue weighted by Crippen LogP contribution is -2.29. The zero-order chi connectivity index (χ0) is 11.4. The third-order valence-corrected chi connectivity index (χ3v) is 2.72. The molecule has 0 radical (unpaired) electrons. The predicted molar refractivity (Wildman–Crippen MR) is 58.6 cm³/mol. The van der Waals surface area contributed by atoms with Crippen LogP contribution in [0.25, 0.3) is 0 Å². The summed E-state index contributed by atoms with van der Waals surface area (Å²) in [5.41, 5.74) is 2.57. The number of rotatable bonds is 3. The molecular weight excluding hydrogens is 228 g/mol. The van der Waals surface area contributed by atoms with Crippen molar-refractivity contribution >= 4 is 17.2 Å². The molecule has 0 fully saturated rings. The molecule has 0 aliphatic carbocycles. The summed E-state index contributed by atoms with van der Waals surface area (Å²) in [4.78, 5) is 15.8. The first-order chi connectivity index (χ1) is 7.77. The average molecular weight is 240 g/mol. The maximum absolute atomic E-state index is 11.7. The van der Waals surface area contributed by atoms with Crippen molar-refractivity contribution in [3.05, 3.63) is 28.1 Å². The lowest BCUT2D eigenvalue weighted by Gasteiger charge is -2.19. The maximum Gasteiger partial charge on any atom is 0.290 e. The Bertz CT molecular complexity index is 400. The number of aromatic nitrogens is 1. The molecule has 16 heavy (non-hydrogen) atoms. The topological polar surface area (TPSA) is 60.5 Å². The number of carbonyl (C=O) groups is 1. The van der Waals surface area contributed by atoms with Crippen LogP contribution in [0, 0.1) is 0 Å². The smallest absolute Gasteiger partial charge is 0.290 e. The second-order valence-corrected chi connectivity index (χ2v) is 3.96. The van der Waals surface area contributed by atoms with Crippen LogP contribution in [0.15, 0.2) is 22.4 Å². The average Bonchev–Trinajstić information content (AvgIpc) is 2.79. The fraction of sp³-hybridized carbons (Fsp3) is 0.400. The van der Waals surface area contributed by atoms with Gasteiger partial charge in [0.25, 0.3) is 5.91 Å². The molecule has 1 N–H and O–H groups in total. The van der Waals surface area contributed by atoms with Gasteiger partial charge in [-0.05, 0) is 6.92 Å². The molecule has 1 aromatic rings. The van der Waals surface area contributed by atoms with E-state index in [0.29, 0.717) is 25.5 Å². The van der Waals surface area contributed by atoms with Crippen LogP contribution in [-0.2, 0) is 20.8 Å². The summed E-state index contributed by atoms with van der Waals surface area (Å²) in [6.07, 6.45) is 0. The zero-order valence-corrected chi connectivity index (χ0v) is 9.67. The second kappa shape index (κ2) is 4.98. The van der Waals surface area contributed by atoms with Gasteiger partial charge in [-0.2, -0.15) is 0 Å². The minimum atomic E-state index is -0.259. The van der Waals surface area contributed by atoms with E-state index in [1.807, 2.05) is 5.38 Å². The quantitative estimate of drug-likeness (QED) is 0.857. The minimum absolute atomic E-state index is 0.259. The highest BCUT2D eigenvalue weighted by Gasteiger charge is 2.19. The number of hydrogen-bond acceptors (Lipinski definition) is 5. The summed E-state index contributed by atoms with van der Waals surface area (Å²) in [6, 6.07) is 0. The first kappa shape index (κ1) is 10.9. The molecule has 1 aliphatic rings. The van der Waals surface area contributed by atoms with E-state index < -0.39 is 0 Å². The van der Waals surface area contributed by atoms with Crippen LogP contribution < -0.4 is 5.32 Å². The van der Waals surface area contributed by atoms with Crippen molar-refractivity contribution in [2.75, 3.05) is 13.2 Å². The monoisotopic (exact) mass is 240 g/mol. The standard InChI is InChI=1S/C10H12N2O3S/c1-7-9(15-3-2-14-7)10(13)11-4-8-5-16-6-12-8/h5-6H,2-4H2,1H3,(H,11,13). The van der Waals surface area contributed by atoms with Crippen molar-refractivity contribution in [2.24, 2.45) is 0 Å². The van der Waals surface area contributed by atoms with Gasteiger partial charge in [0.05, 0.1) is 17.7 Å². The van der Waals surface area contributed by atoms with Gasteiger partial charge in [-0.1, -0.05) is 0 Å². The first-order valence-electron chi connectivity index (χ1n) is 4.89. The molecule has 0 saturated carbocycles. The molecule has 1 amide bonds. The van der Waals surface area contributed by atoms with Crippen LogP contribution in [0.1, 0.15) is 12.6 Å². The largest absolute Gasteiger partial charge is 0.491 e. The van der Waals surface area contributed by atoms with E-state index in [-0.39, 0.29) is 11.7 Å². The summed E-state index contributed by atoms with van der Waals surface area (Å²) >= 11 is 1.50. The van der Waals surface area contributed by atoms with Gasteiger partial charge in [-0.15, -0.1) is 11.3 Å². The molecule has 0 saturated heterocycles. The van der Waals surface area contributed by atoms with Gasteiger partial charge in [0.15, 0.2) is 0 Å². The van der Waals surface area contributed by atoms with Crippen molar-refractivity contribution < 1.29 is 14.3 Å². The predicted octanol–water partition coefficient (Wildman–Crippen LogP) is 1.04. The summed E-state index contributed by atoms with van der Waals surface area (Å²) in [5, 5.41) is 4.62. The lowest BCUT2D eigenvalue weighted by atomic mass is 10.3. The van der Waals surface area contributed by atoms with Gasteiger partial charge in [-0.3, -0.25) is 4.79 Å². The SMILES string of the molecule is CC1=C(C(=O)NCc2cscn2)OCCO1. The fourth-order valence-corrected chi connectivity index (χ4v) is 1.87. The molecule has 86 valence electrons. The molecule has 0 aromatic carbocycles. The molecule has 0 atom stereocenters. The van der Waals surface area contributed by atoms with Crippen LogP contribution in [0.5, 0.6) is 0 Å². The molecule has 0 spiro atoms. The van der Waals surface area contributed by atoms with Gasteiger partial charge >= 0.3 is 0 Å². The van der Waals surface area contributed by atoms with Gasteiger partial charge < -0.3 is 14.8 Å². The van der Waals surface area contributed by atoms with Gasteiger partial charge in [0.1, 0.15) is 19.0 Å². The molecule has 0 unspecified atom stereocenters. The van der Waals surface area contributed by atoms with E-state index in [1.165, 1.54) is 11.3 Å². The van der Waals surface area contributed by atoms with Gasteiger partial charge in [-0.25, -0.2) is 4.98 Å². The van der Waals surface area contributed by atoms with Gasteiger partial charge in [0.2, 0.25) is 5.76 Å². The van der Waals surface area contributed by atoms with Crippen LogP contribution in [0.2, 0.25) is 0 Å². The van der Waals surface area contributed by atoms with E-state index in [1.54, 1.807) is 12.4 Å². The van der Waals surface area contributed by atoms with E-state index in [2.05, 4.69) is 10.3 Å². The Morgan fingerprint density at radius 3 is 3.06 bits per heavy atom. The number of carbonyl (C=O) groups excluding carboxylic acids is 1. The number of nitrogens with zero attached hydrogens (tertiary/aromatic N) is 1. The van der Waals surface area contributed by atoms with E-state index in [0.717, 1.165) is 5.69 Å². The molecule has 5 nitrogen and oxygen atoms in total. The number of thiazole rings is 1. The van der Waals surface area contributed by atoms with Crippen LogP contribution in [0.3, 0.4) is 0 Å². The Morgan fingerprint density at radius 1 is 1.56 bits per heavy atom. The Balaban J connectivity index is 1.93. The van der Waals surface area contributed by atoms with Crippen molar-refractivity contribution in [2.45, 2.75) is 13.5 Å². The second-order valence-electron chi connectivity index (χ2n) is 3.24. The zero-order valence-electron chi connectivity index (χ0n) is 8.86. The molecule has 2 rings (SSSR count). The maximum atomic E-state index is 11.7. The van der Waals surface area contributed by atoms with Crippen LogP contribution >= 0.6 is 11.3 Å². The number of nitrogens with one attached hydrogen (secondary N) is 1. The summed E-state index contributed by atoms with van der Waals surface area (Å²) in [6.45, 7) is 3.03. The third kappa shape index (κ3) is 2.52. The normalized spacial score (nSPS) is 15.3. The Hall–Kier alpha value is -1.56. The van der Waals surface area contributed by atoms with Crippen molar-refractivity contribution in [3.63, 3.8) is 0 Å². The highest BCUT2D eigenvalue weighted by atomic mass is 32.1. The summed E-state index contributed by atoms with van der Waals surface area (Å²) in [5.74, 6) is 0.536. The van der Waals surface area contributed by atoms with Crippen molar-refractivity contribution in [1.82, 2.24) is 10.3 Å². The molecular formula is C10H12N2O3S. The Kier molecular flexibility index (Phi) is 3.40. The fourth-order valence-electron chi connectivity index (χ4n) is 1.31. The molecule has 0 bridgehead atoms. The highest BCUT2D eigenvalue weighted by Crippen LogP contribution is 2.12.